The minimum Gasteiger partial charge on any atom is -0.465 e. The minimum atomic E-state index is 0.0593. The van der Waals surface area contributed by atoms with Crippen molar-refractivity contribution in [3.63, 3.8) is 0 Å². The maximum absolute atomic E-state index is 6.36. The molecule has 2 atom stereocenters. The van der Waals surface area contributed by atoms with E-state index in [2.05, 4.69) is 13.8 Å². The van der Waals surface area contributed by atoms with Gasteiger partial charge in [-0.1, -0.05) is 26.7 Å². The summed E-state index contributed by atoms with van der Waals surface area (Å²) in [6.07, 6.45) is 5.16. The van der Waals surface area contributed by atoms with E-state index in [0.717, 1.165) is 11.5 Å². The van der Waals surface area contributed by atoms with Crippen LogP contribution in [0.5, 0.6) is 0 Å². The quantitative estimate of drug-likeness (QED) is 0.825. The van der Waals surface area contributed by atoms with Crippen LogP contribution < -0.4 is 5.73 Å². The van der Waals surface area contributed by atoms with Gasteiger partial charge in [-0.3, -0.25) is 0 Å². The normalized spacial score (nSPS) is 26.6. The Labute approximate surface area is 98.2 Å². The molecule has 2 heteroatoms. The Kier molecular flexibility index (Phi) is 3.11. The molecule has 2 N–H and O–H groups in total. The second-order valence-corrected chi connectivity index (χ2v) is 5.82. The smallest absolute Gasteiger partial charge is 0.121 e. The van der Waals surface area contributed by atoms with Gasteiger partial charge in [0.05, 0.1) is 6.04 Å². The first kappa shape index (κ1) is 11.7. The Bertz CT molecular complexity index is 353. The molecular formula is C14H23NO. The van der Waals surface area contributed by atoms with Gasteiger partial charge in [0, 0.05) is 0 Å². The van der Waals surface area contributed by atoms with Crippen molar-refractivity contribution in [3.05, 3.63) is 23.7 Å². The number of hydrogen-bond donors (Lipinski definition) is 1. The molecule has 1 aliphatic carbocycles. The lowest BCUT2D eigenvalue weighted by Crippen LogP contribution is -2.36. The molecule has 0 amide bonds. The van der Waals surface area contributed by atoms with Crippen LogP contribution in [0.25, 0.3) is 0 Å². The van der Waals surface area contributed by atoms with Crippen molar-refractivity contribution in [1.29, 1.82) is 0 Å². The number of aryl methyl sites for hydroxylation is 1. The summed E-state index contributed by atoms with van der Waals surface area (Å²) in [7, 11) is 0. The lowest BCUT2D eigenvalue weighted by molar-refractivity contribution is 0.104. The first-order chi connectivity index (χ1) is 7.50. The molecule has 1 heterocycles. The van der Waals surface area contributed by atoms with Crippen LogP contribution >= 0.6 is 0 Å². The summed E-state index contributed by atoms with van der Waals surface area (Å²) in [6.45, 7) is 6.65. The predicted molar refractivity (Wildman–Crippen MR) is 66.1 cm³/mol. The van der Waals surface area contributed by atoms with E-state index in [1.54, 1.807) is 0 Å². The topological polar surface area (TPSA) is 39.2 Å². The van der Waals surface area contributed by atoms with Gasteiger partial charge in [0.1, 0.15) is 11.5 Å². The van der Waals surface area contributed by atoms with Gasteiger partial charge >= 0.3 is 0 Å². The number of rotatable bonds is 2. The molecule has 0 saturated heterocycles. The lowest BCUT2D eigenvalue weighted by Gasteiger charge is -2.41. The van der Waals surface area contributed by atoms with E-state index in [4.69, 9.17) is 10.2 Å². The third-order valence-electron chi connectivity index (χ3n) is 4.11. The van der Waals surface area contributed by atoms with Gasteiger partial charge in [-0.2, -0.15) is 0 Å². The highest BCUT2D eigenvalue weighted by Crippen LogP contribution is 2.46. The molecule has 2 rings (SSSR count). The van der Waals surface area contributed by atoms with Crippen LogP contribution in [0.2, 0.25) is 0 Å². The molecule has 0 spiro atoms. The van der Waals surface area contributed by atoms with Crippen molar-refractivity contribution in [1.82, 2.24) is 0 Å². The zero-order chi connectivity index (χ0) is 11.8. The summed E-state index contributed by atoms with van der Waals surface area (Å²) in [5.74, 6) is 2.46. The van der Waals surface area contributed by atoms with Crippen LogP contribution in [0, 0.1) is 18.3 Å². The van der Waals surface area contributed by atoms with Crippen LogP contribution in [-0.4, -0.2) is 0 Å². The Morgan fingerprint density at radius 3 is 2.69 bits per heavy atom. The van der Waals surface area contributed by atoms with E-state index in [0.29, 0.717) is 11.3 Å². The van der Waals surface area contributed by atoms with Crippen LogP contribution in [-0.2, 0) is 0 Å². The molecule has 1 aromatic heterocycles. The van der Waals surface area contributed by atoms with Crippen molar-refractivity contribution in [2.45, 2.75) is 52.5 Å². The molecule has 1 fully saturated rings. The Balaban J connectivity index is 2.17. The first-order valence-corrected chi connectivity index (χ1v) is 6.32. The average molecular weight is 221 g/mol. The summed E-state index contributed by atoms with van der Waals surface area (Å²) >= 11 is 0. The molecule has 1 aliphatic rings. The van der Waals surface area contributed by atoms with E-state index in [1.165, 1.54) is 25.7 Å². The molecule has 2 nitrogen and oxygen atoms in total. The standard InChI is InChI=1S/C14H23NO/c1-10-7-8-12(16-10)13(15)11-6-4-5-9-14(11,2)3/h7-8,11,13H,4-6,9,15H2,1-3H3. The van der Waals surface area contributed by atoms with Crippen molar-refractivity contribution >= 4 is 0 Å². The highest BCUT2D eigenvalue weighted by Gasteiger charge is 2.37. The lowest BCUT2D eigenvalue weighted by atomic mass is 9.65. The fourth-order valence-electron chi connectivity index (χ4n) is 3.02. The number of nitrogens with two attached hydrogens (primary N) is 1. The summed E-state index contributed by atoms with van der Waals surface area (Å²) in [4.78, 5) is 0. The Hall–Kier alpha value is -0.760. The molecule has 1 saturated carbocycles. The monoisotopic (exact) mass is 221 g/mol. The van der Waals surface area contributed by atoms with Crippen molar-refractivity contribution in [3.8, 4) is 0 Å². The van der Waals surface area contributed by atoms with Crippen LogP contribution in [0.1, 0.15) is 57.1 Å². The Morgan fingerprint density at radius 1 is 1.38 bits per heavy atom. The summed E-state index contributed by atoms with van der Waals surface area (Å²) in [6, 6.07) is 4.10. The number of furan rings is 1. The van der Waals surface area contributed by atoms with E-state index < -0.39 is 0 Å². The third-order valence-corrected chi connectivity index (χ3v) is 4.11. The third kappa shape index (κ3) is 2.17. The fourth-order valence-corrected chi connectivity index (χ4v) is 3.02. The predicted octanol–water partition coefficient (Wildman–Crippen LogP) is 3.80. The summed E-state index contributed by atoms with van der Waals surface area (Å²) in [5.41, 5.74) is 6.71. The van der Waals surface area contributed by atoms with Gasteiger partial charge in [-0.25, -0.2) is 0 Å². The van der Waals surface area contributed by atoms with Crippen molar-refractivity contribution in [2.75, 3.05) is 0 Å². The number of hydrogen-bond acceptors (Lipinski definition) is 2. The maximum atomic E-state index is 6.36. The molecule has 0 radical (unpaired) electrons. The van der Waals surface area contributed by atoms with Gasteiger partial charge in [-0.15, -0.1) is 0 Å². The molecule has 90 valence electrons. The molecule has 16 heavy (non-hydrogen) atoms. The van der Waals surface area contributed by atoms with Gasteiger partial charge in [0.25, 0.3) is 0 Å². The van der Waals surface area contributed by atoms with Gasteiger partial charge in [0.2, 0.25) is 0 Å². The molecule has 0 bridgehead atoms. The summed E-state index contributed by atoms with van der Waals surface area (Å²) in [5, 5.41) is 0. The van der Waals surface area contributed by atoms with Crippen molar-refractivity contribution < 1.29 is 4.42 Å². The molecule has 0 aromatic carbocycles. The highest BCUT2D eigenvalue weighted by molar-refractivity contribution is 5.11. The SMILES string of the molecule is Cc1ccc(C(N)C2CCCCC2(C)C)o1. The average Bonchev–Trinajstić information content (AvgIpc) is 2.63. The van der Waals surface area contributed by atoms with E-state index in [1.807, 2.05) is 19.1 Å². The fraction of sp³-hybridized carbons (Fsp3) is 0.714. The zero-order valence-corrected chi connectivity index (χ0v) is 10.6. The maximum Gasteiger partial charge on any atom is 0.121 e. The van der Waals surface area contributed by atoms with Crippen LogP contribution in [0.4, 0.5) is 0 Å². The highest BCUT2D eigenvalue weighted by atomic mass is 16.3. The van der Waals surface area contributed by atoms with Gasteiger partial charge in [-0.05, 0) is 43.2 Å². The van der Waals surface area contributed by atoms with Gasteiger partial charge in [0.15, 0.2) is 0 Å². The van der Waals surface area contributed by atoms with Crippen LogP contribution in [0.15, 0.2) is 16.5 Å². The van der Waals surface area contributed by atoms with E-state index in [9.17, 15) is 0 Å². The minimum absolute atomic E-state index is 0.0593. The first-order valence-electron chi connectivity index (χ1n) is 6.32. The second kappa shape index (κ2) is 4.25. The molecule has 1 aromatic rings. The van der Waals surface area contributed by atoms with E-state index >= 15 is 0 Å². The van der Waals surface area contributed by atoms with Gasteiger partial charge < -0.3 is 10.2 Å². The van der Waals surface area contributed by atoms with Crippen LogP contribution in [0.3, 0.4) is 0 Å². The van der Waals surface area contributed by atoms with E-state index in [-0.39, 0.29) is 6.04 Å². The largest absolute Gasteiger partial charge is 0.465 e. The Morgan fingerprint density at radius 2 is 2.12 bits per heavy atom. The molecule has 0 aliphatic heterocycles. The molecule has 2 unspecified atom stereocenters. The van der Waals surface area contributed by atoms with Crippen molar-refractivity contribution in [2.24, 2.45) is 17.1 Å². The molecular weight excluding hydrogens is 198 g/mol. The second-order valence-electron chi connectivity index (χ2n) is 5.82. The summed E-state index contributed by atoms with van der Waals surface area (Å²) < 4.78 is 5.67. The zero-order valence-electron chi connectivity index (χ0n) is 10.6.